The van der Waals surface area contributed by atoms with E-state index in [1.165, 1.54) is 54.4 Å². The fourth-order valence-electron chi connectivity index (χ4n) is 8.15. The summed E-state index contributed by atoms with van der Waals surface area (Å²) in [6.07, 6.45) is 0. The van der Waals surface area contributed by atoms with Gasteiger partial charge in [-0.2, -0.15) is 0 Å². The molecular formula is C46H28N2O. The quantitative estimate of drug-likeness (QED) is 0.192. The first-order chi connectivity index (χ1) is 24.3. The lowest BCUT2D eigenvalue weighted by Crippen LogP contribution is -1.96. The Kier molecular flexibility index (Phi) is 5.38. The van der Waals surface area contributed by atoms with E-state index < -0.39 is 0 Å². The summed E-state index contributed by atoms with van der Waals surface area (Å²) in [5.74, 6) is 0. The molecule has 228 valence electrons. The molecule has 0 unspecified atom stereocenters. The first-order valence-corrected chi connectivity index (χ1v) is 16.8. The molecule has 3 heteroatoms. The number of benzene rings is 8. The second-order valence-electron chi connectivity index (χ2n) is 12.9. The second kappa shape index (κ2) is 9.96. The van der Waals surface area contributed by atoms with E-state index >= 15 is 0 Å². The van der Waals surface area contributed by atoms with E-state index in [-0.39, 0.29) is 0 Å². The van der Waals surface area contributed by atoms with E-state index in [0.29, 0.717) is 0 Å². The zero-order chi connectivity index (χ0) is 32.1. The van der Waals surface area contributed by atoms with Crippen molar-refractivity contribution >= 4 is 76.3 Å². The van der Waals surface area contributed by atoms with Gasteiger partial charge in [0, 0.05) is 49.3 Å². The van der Waals surface area contributed by atoms with E-state index in [1.54, 1.807) is 0 Å². The van der Waals surface area contributed by atoms with Gasteiger partial charge in [0.2, 0.25) is 0 Å². The Bertz CT molecular complexity index is 3090. The van der Waals surface area contributed by atoms with Crippen LogP contribution in [-0.2, 0) is 0 Å². The van der Waals surface area contributed by atoms with Crippen molar-refractivity contribution in [2.24, 2.45) is 0 Å². The van der Waals surface area contributed by atoms with E-state index in [4.69, 9.17) is 4.42 Å². The Labute approximate surface area is 281 Å². The number of fused-ring (bicyclic) bond motifs is 11. The molecule has 49 heavy (non-hydrogen) atoms. The molecule has 11 aromatic rings. The minimum Gasteiger partial charge on any atom is -0.455 e. The normalized spacial score (nSPS) is 12.1. The number of nitrogens with zero attached hydrogens (tertiary/aromatic N) is 2. The van der Waals surface area contributed by atoms with Crippen molar-refractivity contribution in [1.29, 1.82) is 0 Å². The lowest BCUT2D eigenvalue weighted by atomic mass is 10.0. The molecule has 0 aliphatic heterocycles. The number of rotatable bonds is 3. The summed E-state index contributed by atoms with van der Waals surface area (Å²) in [5.41, 5.74) is 11.1. The molecule has 0 aliphatic carbocycles. The molecule has 0 N–H and O–H groups in total. The van der Waals surface area contributed by atoms with Crippen LogP contribution in [0, 0.1) is 0 Å². The van der Waals surface area contributed by atoms with Crippen LogP contribution in [0.25, 0.3) is 98.8 Å². The van der Waals surface area contributed by atoms with Gasteiger partial charge in [-0.05, 0) is 70.9 Å². The highest BCUT2D eigenvalue weighted by Crippen LogP contribution is 2.42. The van der Waals surface area contributed by atoms with Gasteiger partial charge in [0.25, 0.3) is 0 Å². The third-order valence-corrected chi connectivity index (χ3v) is 10.3. The smallest absolute Gasteiger partial charge is 0.143 e. The Balaban J connectivity index is 1.18. The van der Waals surface area contributed by atoms with E-state index in [0.717, 1.165) is 44.4 Å². The van der Waals surface area contributed by atoms with Gasteiger partial charge in [-0.1, -0.05) is 115 Å². The fourth-order valence-corrected chi connectivity index (χ4v) is 8.15. The monoisotopic (exact) mass is 624 g/mol. The molecule has 0 atom stereocenters. The molecule has 3 nitrogen and oxygen atoms in total. The highest BCUT2D eigenvalue weighted by Gasteiger charge is 2.20. The standard InChI is InChI=1S/C46H28N2O/c1-2-12-31(13-3-1)48-41-26-23-29-11-4-5-14-33(29)45(41)39-27-38-35-15-6-8-19-40(35)47(42(38)28-43(39)48)32-24-21-30(22-25-32)34-17-10-18-37-36-16-7-9-20-44(36)49-46(34)37/h1-28H. The summed E-state index contributed by atoms with van der Waals surface area (Å²) in [6, 6.07) is 61.3. The number of hydrogen-bond acceptors (Lipinski definition) is 1. The molecule has 0 aliphatic rings. The summed E-state index contributed by atoms with van der Waals surface area (Å²) in [5, 5.41) is 9.87. The van der Waals surface area contributed by atoms with Crippen LogP contribution in [0.2, 0.25) is 0 Å². The maximum Gasteiger partial charge on any atom is 0.143 e. The summed E-state index contributed by atoms with van der Waals surface area (Å²) in [6.45, 7) is 0. The third-order valence-electron chi connectivity index (χ3n) is 10.3. The van der Waals surface area contributed by atoms with Crippen LogP contribution in [0.5, 0.6) is 0 Å². The molecule has 0 spiro atoms. The highest BCUT2D eigenvalue weighted by molar-refractivity contribution is 6.25. The second-order valence-corrected chi connectivity index (χ2v) is 12.9. The molecule has 0 saturated heterocycles. The lowest BCUT2D eigenvalue weighted by molar-refractivity contribution is 0.670. The van der Waals surface area contributed by atoms with Gasteiger partial charge in [0.05, 0.1) is 22.1 Å². The Hall–Kier alpha value is -6.58. The van der Waals surface area contributed by atoms with E-state index in [9.17, 15) is 0 Å². The molecule has 11 rings (SSSR count). The van der Waals surface area contributed by atoms with Crippen molar-refractivity contribution in [2.75, 3.05) is 0 Å². The van der Waals surface area contributed by atoms with Crippen LogP contribution >= 0.6 is 0 Å². The van der Waals surface area contributed by atoms with Gasteiger partial charge in [0.1, 0.15) is 11.2 Å². The molecule has 3 aromatic heterocycles. The zero-order valence-corrected chi connectivity index (χ0v) is 26.5. The van der Waals surface area contributed by atoms with Crippen molar-refractivity contribution in [2.45, 2.75) is 0 Å². The van der Waals surface area contributed by atoms with Crippen molar-refractivity contribution in [3.63, 3.8) is 0 Å². The fraction of sp³-hybridized carbons (Fsp3) is 0. The van der Waals surface area contributed by atoms with Gasteiger partial charge < -0.3 is 13.6 Å². The highest BCUT2D eigenvalue weighted by atomic mass is 16.3. The Morgan fingerprint density at radius 1 is 0.367 bits per heavy atom. The third kappa shape index (κ3) is 3.73. The zero-order valence-electron chi connectivity index (χ0n) is 26.5. The minimum absolute atomic E-state index is 0.916. The SMILES string of the molecule is c1ccc(-n2c3cc4c(cc3c3c5ccccc5ccc32)c2ccccc2n4-c2ccc(-c3cccc4c3oc3ccccc34)cc2)cc1. The predicted molar refractivity (Wildman–Crippen MR) is 205 cm³/mol. The summed E-state index contributed by atoms with van der Waals surface area (Å²) < 4.78 is 11.2. The number of hydrogen-bond donors (Lipinski definition) is 0. The molecule has 8 aromatic carbocycles. The average molecular weight is 625 g/mol. The van der Waals surface area contributed by atoms with Gasteiger partial charge in [-0.15, -0.1) is 0 Å². The molecule has 0 fully saturated rings. The molecular weight excluding hydrogens is 597 g/mol. The van der Waals surface area contributed by atoms with Crippen LogP contribution in [-0.4, -0.2) is 9.13 Å². The van der Waals surface area contributed by atoms with Gasteiger partial charge in [-0.3, -0.25) is 0 Å². The first kappa shape index (κ1) is 26.5. The number of furan rings is 1. The maximum absolute atomic E-state index is 6.39. The number of para-hydroxylation sites is 4. The lowest BCUT2D eigenvalue weighted by Gasteiger charge is -2.11. The van der Waals surface area contributed by atoms with Crippen LogP contribution in [0.1, 0.15) is 0 Å². The molecule has 3 heterocycles. The van der Waals surface area contributed by atoms with E-state index in [1.807, 2.05) is 12.1 Å². The largest absolute Gasteiger partial charge is 0.455 e. The minimum atomic E-state index is 0.916. The van der Waals surface area contributed by atoms with Gasteiger partial charge >= 0.3 is 0 Å². The van der Waals surface area contributed by atoms with Crippen molar-refractivity contribution in [3.8, 4) is 22.5 Å². The van der Waals surface area contributed by atoms with Crippen molar-refractivity contribution in [3.05, 3.63) is 170 Å². The van der Waals surface area contributed by atoms with Crippen LogP contribution in [0.3, 0.4) is 0 Å². The first-order valence-electron chi connectivity index (χ1n) is 16.8. The van der Waals surface area contributed by atoms with Crippen LogP contribution in [0.15, 0.2) is 174 Å². The summed E-state index contributed by atoms with van der Waals surface area (Å²) in [4.78, 5) is 0. The van der Waals surface area contributed by atoms with Crippen molar-refractivity contribution in [1.82, 2.24) is 9.13 Å². The summed E-state index contributed by atoms with van der Waals surface area (Å²) >= 11 is 0. The maximum atomic E-state index is 6.39. The molecule has 0 bridgehead atoms. The van der Waals surface area contributed by atoms with E-state index in [2.05, 4.69) is 167 Å². The predicted octanol–water partition coefficient (Wildman–Crippen LogP) is 12.6. The molecule has 0 radical (unpaired) electrons. The van der Waals surface area contributed by atoms with Gasteiger partial charge in [0.15, 0.2) is 0 Å². The molecule has 0 saturated carbocycles. The Morgan fingerprint density at radius 3 is 1.92 bits per heavy atom. The van der Waals surface area contributed by atoms with Crippen LogP contribution < -0.4 is 0 Å². The van der Waals surface area contributed by atoms with Crippen molar-refractivity contribution < 1.29 is 4.42 Å². The van der Waals surface area contributed by atoms with Crippen LogP contribution in [0.4, 0.5) is 0 Å². The summed E-state index contributed by atoms with van der Waals surface area (Å²) in [7, 11) is 0. The Morgan fingerprint density at radius 2 is 1.04 bits per heavy atom. The number of aromatic nitrogens is 2. The topological polar surface area (TPSA) is 23.0 Å². The van der Waals surface area contributed by atoms with Gasteiger partial charge in [-0.25, -0.2) is 0 Å². The molecule has 0 amide bonds. The average Bonchev–Trinajstić information content (AvgIpc) is 3.82.